The summed E-state index contributed by atoms with van der Waals surface area (Å²) in [6, 6.07) is 4.71. The molecule has 0 spiro atoms. The number of nitrogens with one attached hydrogen (secondary N) is 2. The van der Waals surface area contributed by atoms with Gasteiger partial charge < -0.3 is 15.4 Å². The summed E-state index contributed by atoms with van der Waals surface area (Å²) >= 11 is 7.12. The van der Waals surface area contributed by atoms with Gasteiger partial charge in [-0.05, 0) is 51.5 Å². The van der Waals surface area contributed by atoms with E-state index < -0.39 is 0 Å². The third kappa shape index (κ3) is 7.50. The van der Waals surface area contributed by atoms with Gasteiger partial charge in [0, 0.05) is 42.0 Å². The molecular formula is C14H24N2OS2. The highest BCUT2D eigenvalue weighted by Crippen LogP contribution is 2.16. The van der Waals surface area contributed by atoms with Crippen molar-refractivity contribution in [3.8, 4) is 0 Å². The lowest BCUT2D eigenvalue weighted by Gasteiger charge is -2.16. The van der Waals surface area contributed by atoms with Gasteiger partial charge >= 0.3 is 0 Å². The van der Waals surface area contributed by atoms with E-state index >= 15 is 0 Å². The van der Waals surface area contributed by atoms with Gasteiger partial charge in [0.05, 0.1) is 0 Å². The van der Waals surface area contributed by atoms with Gasteiger partial charge in [-0.15, -0.1) is 11.3 Å². The first kappa shape index (κ1) is 16.4. The van der Waals surface area contributed by atoms with Crippen molar-refractivity contribution in [3.63, 3.8) is 0 Å². The number of aryl methyl sites for hydroxylation is 1. The van der Waals surface area contributed by atoms with Crippen LogP contribution in [0.25, 0.3) is 0 Å². The molecule has 0 amide bonds. The first-order valence-corrected chi connectivity index (χ1v) is 8.01. The normalized spacial score (nSPS) is 12.2. The minimum absolute atomic E-state index is 0.352. The second-order valence-electron chi connectivity index (χ2n) is 4.57. The van der Waals surface area contributed by atoms with Crippen molar-refractivity contribution in [3.05, 3.63) is 21.9 Å². The lowest BCUT2D eigenvalue weighted by Crippen LogP contribution is -2.41. The van der Waals surface area contributed by atoms with Gasteiger partial charge in [0.25, 0.3) is 0 Å². The summed E-state index contributed by atoms with van der Waals surface area (Å²) in [5.41, 5.74) is 0. The number of thiocarbonyl (C=S) groups is 1. The summed E-state index contributed by atoms with van der Waals surface area (Å²) in [5, 5.41) is 7.26. The van der Waals surface area contributed by atoms with E-state index in [1.807, 2.05) is 18.3 Å². The average Bonchev–Trinajstić information content (AvgIpc) is 2.74. The monoisotopic (exact) mass is 300 g/mol. The van der Waals surface area contributed by atoms with E-state index in [2.05, 4.69) is 36.6 Å². The molecule has 1 aromatic heterocycles. The minimum atomic E-state index is 0.352. The maximum absolute atomic E-state index is 5.28. The van der Waals surface area contributed by atoms with Crippen LogP contribution in [-0.2, 0) is 11.2 Å². The van der Waals surface area contributed by atoms with Gasteiger partial charge in [-0.3, -0.25) is 0 Å². The summed E-state index contributed by atoms with van der Waals surface area (Å²) in [4.78, 5) is 2.76. The molecule has 0 aliphatic carbocycles. The SMILES string of the molecule is CCOCCCNC(=S)NC(C)Cc1ccc(C)s1. The molecule has 108 valence electrons. The molecule has 1 atom stereocenters. The molecular weight excluding hydrogens is 276 g/mol. The van der Waals surface area contributed by atoms with Crippen molar-refractivity contribution >= 4 is 28.7 Å². The highest BCUT2D eigenvalue weighted by molar-refractivity contribution is 7.80. The Morgan fingerprint density at radius 1 is 1.47 bits per heavy atom. The molecule has 0 saturated carbocycles. The predicted molar refractivity (Wildman–Crippen MR) is 87.1 cm³/mol. The van der Waals surface area contributed by atoms with E-state index in [9.17, 15) is 0 Å². The molecule has 1 rings (SSSR count). The van der Waals surface area contributed by atoms with E-state index in [0.717, 1.165) is 37.7 Å². The van der Waals surface area contributed by atoms with Gasteiger partial charge in [-0.25, -0.2) is 0 Å². The fourth-order valence-corrected chi connectivity index (χ4v) is 3.07. The first-order chi connectivity index (χ1) is 9.11. The maximum atomic E-state index is 5.28. The maximum Gasteiger partial charge on any atom is 0.166 e. The van der Waals surface area contributed by atoms with Crippen LogP contribution >= 0.6 is 23.6 Å². The molecule has 19 heavy (non-hydrogen) atoms. The van der Waals surface area contributed by atoms with Crippen molar-refractivity contribution < 1.29 is 4.74 Å². The van der Waals surface area contributed by atoms with Crippen molar-refractivity contribution in [2.45, 2.75) is 39.7 Å². The van der Waals surface area contributed by atoms with E-state index in [-0.39, 0.29) is 0 Å². The summed E-state index contributed by atoms with van der Waals surface area (Å²) in [6.45, 7) is 8.72. The fourth-order valence-electron chi connectivity index (χ4n) is 1.74. The van der Waals surface area contributed by atoms with Crippen LogP contribution in [-0.4, -0.2) is 30.9 Å². The van der Waals surface area contributed by atoms with Crippen LogP contribution in [0.15, 0.2) is 12.1 Å². The molecule has 0 radical (unpaired) electrons. The lowest BCUT2D eigenvalue weighted by atomic mass is 10.2. The minimum Gasteiger partial charge on any atom is -0.382 e. The van der Waals surface area contributed by atoms with E-state index in [1.165, 1.54) is 9.75 Å². The van der Waals surface area contributed by atoms with Crippen molar-refractivity contribution in [2.75, 3.05) is 19.8 Å². The van der Waals surface area contributed by atoms with Crippen LogP contribution in [0.2, 0.25) is 0 Å². The van der Waals surface area contributed by atoms with Crippen LogP contribution in [0.3, 0.4) is 0 Å². The average molecular weight is 300 g/mol. The summed E-state index contributed by atoms with van der Waals surface area (Å²) < 4.78 is 5.28. The van der Waals surface area contributed by atoms with Gasteiger partial charge in [0.15, 0.2) is 5.11 Å². The molecule has 0 aliphatic heterocycles. The molecule has 5 heteroatoms. The van der Waals surface area contributed by atoms with Gasteiger partial charge in [-0.1, -0.05) is 0 Å². The Kier molecular flexibility index (Phi) is 8.02. The Hall–Kier alpha value is -0.650. The number of hydrogen-bond acceptors (Lipinski definition) is 3. The van der Waals surface area contributed by atoms with E-state index in [0.29, 0.717) is 6.04 Å². The molecule has 1 heterocycles. The Balaban J connectivity index is 2.13. The lowest BCUT2D eigenvalue weighted by molar-refractivity contribution is 0.145. The van der Waals surface area contributed by atoms with Gasteiger partial charge in [0.1, 0.15) is 0 Å². The van der Waals surface area contributed by atoms with Crippen LogP contribution in [0.4, 0.5) is 0 Å². The van der Waals surface area contributed by atoms with Crippen molar-refractivity contribution in [1.29, 1.82) is 0 Å². The molecule has 0 saturated heterocycles. The highest BCUT2D eigenvalue weighted by Gasteiger charge is 2.06. The quantitative estimate of drug-likeness (QED) is 0.571. The predicted octanol–water partition coefficient (Wildman–Crippen LogP) is 2.88. The van der Waals surface area contributed by atoms with Crippen molar-refractivity contribution in [2.24, 2.45) is 0 Å². The van der Waals surface area contributed by atoms with Crippen LogP contribution in [0.1, 0.15) is 30.0 Å². The number of rotatable bonds is 8. The molecule has 0 aliphatic rings. The molecule has 2 N–H and O–H groups in total. The molecule has 0 fully saturated rings. The number of ether oxygens (including phenoxy) is 1. The summed E-state index contributed by atoms with van der Waals surface area (Å²) in [7, 11) is 0. The third-order valence-electron chi connectivity index (χ3n) is 2.64. The smallest absolute Gasteiger partial charge is 0.166 e. The number of hydrogen-bond donors (Lipinski definition) is 2. The zero-order valence-corrected chi connectivity index (χ0v) is 13.6. The van der Waals surface area contributed by atoms with Crippen molar-refractivity contribution in [1.82, 2.24) is 10.6 Å². The zero-order valence-electron chi connectivity index (χ0n) is 12.0. The molecule has 0 bridgehead atoms. The largest absolute Gasteiger partial charge is 0.382 e. The molecule has 0 aromatic carbocycles. The Morgan fingerprint density at radius 2 is 2.26 bits per heavy atom. The summed E-state index contributed by atoms with van der Waals surface area (Å²) in [6.07, 6.45) is 1.99. The van der Waals surface area contributed by atoms with E-state index in [4.69, 9.17) is 17.0 Å². The van der Waals surface area contributed by atoms with E-state index in [1.54, 1.807) is 0 Å². The zero-order chi connectivity index (χ0) is 14.1. The topological polar surface area (TPSA) is 33.3 Å². The standard InChI is InChI=1S/C14H24N2OS2/c1-4-17-9-5-8-15-14(18)16-11(2)10-13-7-6-12(3)19-13/h6-7,11H,4-5,8-10H2,1-3H3,(H2,15,16,18). The second kappa shape index (κ2) is 9.28. The Labute approximate surface area is 125 Å². The molecule has 1 aromatic rings. The second-order valence-corrected chi connectivity index (χ2v) is 6.35. The fraction of sp³-hybridized carbons (Fsp3) is 0.643. The summed E-state index contributed by atoms with van der Waals surface area (Å²) in [5.74, 6) is 0. The van der Waals surface area contributed by atoms with Gasteiger partial charge in [-0.2, -0.15) is 0 Å². The van der Waals surface area contributed by atoms with Crippen LogP contribution in [0.5, 0.6) is 0 Å². The highest BCUT2D eigenvalue weighted by atomic mass is 32.1. The molecule has 1 unspecified atom stereocenters. The van der Waals surface area contributed by atoms with Gasteiger partial charge in [0.2, 0.25) is 0 Å². The third-order valence-corrected chi connectivity index (χ3v) is 3.92. The Morgan fingerprint density at radius 3 is 2.89 bits per heavy atom. The first-order valence-electron chi connectivity index (χ1n) is 6.79. The van der Waals surface area contributed by atoms with Crippen LogP contribution in [0, 0.1) is 6.92 Å². The van der Waals surface area contributed by atoms with Crippen LogP contribution < -0.4 is 10.6 Å². The number of thiophene rings is 1. The molecule has 3 nitrogen and oxygen atoms in total. The Bertz CT molecular complexity index is 379.